The van der Waals surface area contributed by atoms with Crippen molar-refractivity contribution in [1.82, 2.24) is 10.3 Å². The van der Waals surface area contributed by atoms with Gasteiger partial charge in [-0.3, -0.25) is 9.78 Å². The minimum Gasteiger partial charge on any atom is -0.452 e. The number of amides is 1. The van der Waals surface area contributed by atoms with Gasteiger partial charge in [0.1, 0.15) is 0 Å². The van der Waals surface area contributed by atoms with Crippen molar-refractivity contribution >= 4 is 22.8 Å². The summed E-state index contributed by atoms with van der Waals surface area (Å²) in [6, 6.07) is 7.89. The molecule has 1 aliphatic carbocycles. The number of hydrogen-bond acceptors (Lipinski definition) is 4. The second kappa shape index (κ2) is 7.85. The lowest BCUT2D eigenvalue weighted by atomic mass is 9.87. The van der Waals surface area contributed by atoms with E-state index in [0.717, 1.165) is 48.1 Å². The highest BCUT2D eigenvalue weighted by molar-refractivity contribution is 5.96. The van der Waals surface area contributed by atoms with Crippen LogP contribution < -0.4 is 5.32 Å². The van der Waals surface area contributed by atoms with Gasteiger partial charge in [-0.25, -0.2) is 4.79 Å². The van der Waals surface area contributed by atoms with E-state index in [1.807, 2.05) is 25.1 Å². The highest BCUT2D eigenvalue weighted by Crippen LogP contribution is 2.23. The summed E-state index contributed by atoms with van der Waals surface area (Å²) in [6.45, 7) is 5.75. The fourth-order valence-corrected chi connectivity index (χ4v) is 3.48. The molecule has 0 unspecified atom stereocenters. The van der Waals surface area contributed by atoms with E-state index in [1.165, 1.54) is 0 Å². The van der Waals surface area contributed by atoms with Crippen molar-refractivity contribution in [3.63, 3.8) is 0 Å². The molecule has 0 bridgehead atoms. The van der Waals surface area contributed by atoms with E-state index < -0.39 is 5.97 Å². The fraction of sp³-hybridized carbons (Fsp3) is 0.476. The van der Waals surface area contributed by atoms with Crippen LogP contribution in [0.2, 0.25) is 0 Å². The number of nitrogens with zero attached hydrogens (tertiary/aromatic N) is 1. The zero-order valence-corrected chi connectivity index (χ0v) is 15.7. The molecule has 0 atom stereocenters. The molecule has 0 saturated heterocycles. The number of carbonyl (C=O) groups is 2. The van der Waals surface area contributed by atoms with Crippen LogP contribution in [0.1, 0.15) is 54.2 Å². The van der Waals surface area contributed by atoms with Crippen LogP contribution in [-0.4, -0.2) is 29.5 Å². The van der Waals surface area contributed by atoms with E-state index in [-0.39, 0.29) is 18.6 Å². The fourth-order valence-electron chi connectivity index (χ4n) is 3.48. The smallest absolute Gasteiger partial charge is 0.340 e. The van der Waals surface area contributed by atoms with E-state index in [0.29, 0.717) is 11.3 Å². The Bertz CT molecular complexity index is 823. The van der Waals surface area contributed by atoms with E-state index in [1.54, 1.807) is 13.0 Å². The molecule has 0 spiro atoms. The predicted octanol–water partition coefficient (Wildman–Crippen LogP) is 3.70. The number of aryl methyl sites for hydroxylation is 2. The van der Waals surface area contributed by atoms with Gasteiger partial charge in [0.15, 0.2) is 6.61 Å². The van der Waals surface area contributed by atoms with Gasteiger partial charge < -0.3 is 10.1 Å². The van der Waals surface area contributed by atoms with Crippen molar-refractivity contribution in [1.29, 1.82) is 0 Å². The summed E-state index contributed by atoms with van der Waals surface area (Å²) in [7, 11) is 0. The van der Waals surface area contributed by atoms with Gasteiger partial charge in [-0.2, -0.15) is 0 Å². The van der Waals surface area contributed by atoms with Crippen molar-refractivity contribution in [3.8, 4) is 0 Å². The molecule has 5 heteroatoms. The number of fused-ring (bicyclic) bond motifs is 1. The molecule has 138 valence electrons. The molecule has 26 heavy (non-hydrogen) atoms. The average Bonchev–Trinajstić information content (AvgIpc) is 2.61. The molecule has 1 aromatic carbocycles. The lowest BCUT2D eigenvalue weighted by molar-refractivity contribution is -0.125. The SMILES string of the molecule is Cc1ccc2nc(C)c(C(=O)OCC(=O)NC3CCC(C)CC3)cc2c1. The van der Waals surface area contributed by atoms with Crippen LogP contribution in [-0.2, 0) is 9.53 Å². The van der Waals surface area contributed by atoms with Gasteiger partial charge in [0.25, 0.3) is 5.91 Å². The summed E-state index contributed by atoms with van der Waals surface area (Å²) in [5, 5.41) is 3.86. The molecule has 1 heterocycles. The summed E-state index contributed by atoms with van der Waals surface area (Å²) >= 11 is 0. The molecule has 1 fully saturated rings. The average molecular weight is 354 g/mol. The Morgan fingerprint density at radius 3 is 2.62 bits per heavy atom. The number of aromatic nitrogens is 1. The Hall–Kier alpha value is -2.43. The van der Waals surface area contributed by atoms with Crippen molar-refractivity contribution in [2.75, 3.05) is 6.61 Å². The van der Waals surface area contributed by atoms with E-state index >= 15 is 0 Å². The van der Waals surface area contributed by atoms with Gasteiger partial charge in [-0.15, -0.1) is 0 Å². The molecule has 0 aliphatic heterocycles. The van der Waals surface area contributed by atoms with Crippen LogP contribution in [0.3, 0.4) is 0 Å². The Kier molecular flexibility index (Phi) is 5.55. The van der Waals surface area contributed by atoms with Crippen LogP contribution in [0.5, 0.6) is 0 Å². The number of nitrogens with one attached hydrogen (secondary N) is 1. The lowest BCUT2D eigenvalue weighted by Crippen LogP contribution is -2.39. The van der Waals surface area contributed by atoms with E-state index in [4.69, 9.17) is 4.74 Å². The van der Waals surface area contributed by atoms with Gasteiger partial charge in [-0.1, -0.05) is 18.6 Å². The number of pyridine rings is 1. The van der Waals surface area contributed by atoms with Crippen molar-refractivity contribution < 1.29 is 14.3 Å². The lowest BCUT2D eigenvalue weighted by Gasteiger charge is -2.26. The Labute approximate surface area is 154 Å². The number of ether oxygens (including phenoxy) is 1. The number of carbonyl (C=O) groups excluding carboxylic acids is 2. The molecule has 2 aromatic rings. The van der Waals surface area contributed by atoms with Crippen LogP contribution in [0.4, 0.5) is 0 Å². The summed E-state index contributed by atoms with van der Waals surface area (Å²) in [5.74, 6) is -0.0148. The maximum Gasteiger partial charge on any atom is 0.340 e. The molecular formula is C21H26N2O3. The predicted molar refractivity (Wildman–Crippen MR) is 101 cm³/mol. The molecule has 5 nitrogen and oxygen atoms in total. The Morgan fingerprint density at radius 1 is 1.15 bits per heavy atom. The van der Waals surface area contributed by atoms with Crippen LogP contribution in [0.25, 0.3) is 10.9 Å². The topological polar surface area (TPSA) is 68.3 Å². The highest BCUT2D eigenvalue weighted by atomic mass is 16.5. The Morgan fingerprint density at radius 2 is 1.88 bits per heavy atom. The Balaban J connectivity index is 1.60. The normalized spacial score (nSPS) is 20.0. The van der Waals surface area contributed by atoms with Crippen molar-refractivity contribution in [3.05, 3.63) is 41.1 Å². The second-order valence-electron chi connectivity index (χ2n) is 7.42. The number of esters is 1. The minimum atomic E-state index is -0.508. The number of benzene rings is 1. The van der Waals surface area contributed by atoms with Crippen molar-refractivity contribution in [2.45, 2.75) is 52.5 Å². The standard InChI is InChI=1S/C21H26N2O3/c1-13-4-7-17(8-5-13)23-20(24)12-26-21(25)18-11-16-10-14(2)6-9-19(16)22-15(18)3/h6,9-11,13,17H,4-5,7-8,12H2,1-3H3,(H,23,24). The van der Waals surface area contributed by atoms with Gasteiger partial charge in [0.05, 0.1) is 16.8 Å². The van der Waals surface area contributed by atoms with E-state index in [2.05, 4.69) is 17.2 Å². The molecule has 1 saturated carbocycles. The molecule has 0 radical (unpaired) electrons. The maximum atomic E-state index is 12.4. The third-order valence-corrected chi connectivity index (χ3v) is 5.10. The van der Waals surface area contributed by atoms with Crippen LogP contribution in [0.15, 0.2) is 24.3 Å². The van der Waals surface area contributed by atoms with Gasteiger partial charge >= 0.3 is 5.97 Å². The first-order chi connectivity index (χ1) is 12.4. The molecular weight excluding hydrogens is 328 g/mol. The zero-order valence-electron chi connectivity index (χ0n) is 15.7. The number of hydrogen-bond donors (Lipinski definition) is 1. The molecule has 3 rings (SSSR count). The van der Waals surface area contributed by atoms with Crippen LogP contribution in [0, 0.1) is 19.8 Å². The minimum absolute atomic E-state index is 0.199. The summed E-state index contributed by atoms with van der Waals surface area (Å²) in [5.41, 5.74) is 2.95. The van der Waals surface area contributed by atoms with Crippen LogP contribution >= 0.6 is 0 Å². The largest absolute Gasteiger partial charge is 0.452 e. The van der Waals surface area contributed by atoms with E-state index in [9.17, 15) is 9.59 Å². The van der Waals surface area contributed by atoms with Gasteiger partial charge in [-0.05, 0) is 63.6 Å². The first-order valence-corrected chi connectivity index (χ1v) is 9.27. The van der Waals surface area contributed by atoms with Gasteiger partial charge in [0, 0.05) is 11.4 Å². The summed E-state index contributed by atoms with van der Waals surface area (Å²) in [4.78, 5) is 28.9. The third-order valence-electron chi connectivity index (χ3n) is 5.10. The summed E-state index contributed by atoms with van der Waals surface area (Å²) < 4.78 is 5.22. The summed E-state index contributed by atoms with van der Waals surface area (Å²) in [6.07, 6.45) is 4.25. The second-order valence-corrected chi connectivity index (χ2v) is 7.42. The monoisotopic (exact) mass is 354 g/mol. The quantitative estimate of drug-likeness (QED) is 0.850. The van der Waals surface area contributed by atoms with Gasteiger partial charge in [0.2, 0.25) is 0 Å². The molecule has 1 aliphatic rings. The number of rotatable bonds is 4. The molecule has 1 amide bonds. The molecule has 1 N–H and O–H groups in total. The third kappa shape index (κ3) is 4.40. The molecule has 1 aromatic heterocycles. The first kappa shape index (κ1) is 18.4. The van der Waals surface area contributed by atoms with Crippen molar-refractivity contribution in [2.24, 2.45) is 5.92 Å². The maximum absolute atomic E-state index is 12.4. The highest BCUT2D eigenvalue weighted by Gasteiger charge is 2.21. The zero-order chi connectivity index (χ0) is 18.7. The first-order valence-electron chi connectivity index (χ1n) is 9.27.